The van der Waals surface area contributed by atoms with Crippen LogP contribution in [0.5, 0.6) is 5.75 Å². The number of hydrogen-bond donors (Lipinski definition) is 2. The number of carbonyl (C=O) groups is 2. The molecule has 120 valence electrons. The van der Waals surface area contributed by atoms with Gasteiger partial charge < -0.3 is 15.2 Å². The number of amides is 1. The highest BCUT2D eigenvalue weighted by Gasteiger charge is 2.15. The zero-order valence-electron chi connectivity index (χ0n) is 11.5. The Hall–Kier alpha value is -1.76. The molecule has 0 aliphatic carbocycles. The lowest BCUT2D eigenvalue weighted by Gasteiger charge is -2.09. The van der Waals surface area contributed by atoms with Crippen molar-refractivity contribution < 1.29 is 19.4 Å². The molecule has 0 heterocycles. The van der Waals surface area contributed by atoms with Crippen LogP contribution in [0.3, 0.4) is 0 Å². The third-order valence-corrected chi connectivity index (χ3v) is 3.76. The van der Waals surface area contributed by atoms with E-state index in [1.807, 2.05) is 0 Å². The van der Waals surface area contributed by atoms with Crippen molar-refractivity contribution in [2.45, 2.75) is 0 Å². The van der Waals surface area contributed by atoms with Crippen LogP contribution >= 0.6 is 39.1 Å². The maximum Gasteiger partial charge on any atom is 0.342 e. The smallest absolute Gasteiger partial charge is 0.342 e. The third kappa shape index (κ3) is 4.86. The summed E-state index contributed by atoms with van der Waals surface area (Å²) in [6.45, 7) is -0.521. The van der Waals surface area contributed by atoms with Crippen LogP contribution in [0.1, 0.15) is 10.4 Å². The standard InChI is InChI=1S/C15H10BrCl2NO4/c16-8-1-4-12(11(18)5-8)19-14(21)7-23-15(22)10-3-2-9(17)6-13(10)20/h1-6,20H,7H2,(H,19,21). The molecule has 5 nitrogen and oxygen atoms in total. The van der Waals surface area contributed by atoms with E-state index >= 15 is 0 Å². The number of ether oxygens (including phenoxy) is 1. The van der Waals surface area contributed by atoms with Crippen LogP contribution in [0.2, 0.25) is 10.0 Å². The Morgan fingerprint density at radius 1 is 1.17 bits per heavy atom. The fraction of sp³-hybridized carbons (Fsp3) is 0.0667. The summed E-state index contributed by atoms with van der Waals surface area (Å²) in [5.41, 5.74) is 0.314. The Morgan fingerprint density at radius 3 is 2.57 bits per heavy atom. The number of anilines is 1. The van der Waals surface area contributed by atoms with E-state index in [-0.39, 0.29) is 16.3 Å². The van der Waals surface area contributed by atoms with Gasteiger partial charge >= 0.3 is 5.97 Å². The monoisotopic (exact) mass is 417 g/mol. The first-order chi connectivity index (χ1) is 10.9. The fourth-order valence-corrected chi connectivity index (χ4v) is 2.55. The molecule has 2 aromatic rings. The minimum atomic E-state index is -0.837. The molecule has 0 aliphatic rings. The van der Waals surface area contributed by atoms with Crippen LogP contribution in [-0.2, 0) is 9.53 Å². The molecule has 0 saturated carbocycles. The maximum absolute atomic E-state index is 11.8. The van der Waals surface area contributed by atoms with E-state index in [9.17, 15) is 14.7 Å². The van der Waals surface area contributed by atoms with E-state index in [0.717, 1.165) is 4.47 Å². The minimum Gasteiger partial charge on any atom is -0.507 e. The molecule has 0 aliphatic heterocycles. The molecule has 0 aromatic heterocycles. The first-order valence-corrected chi connectivity index (χ1v) is 7.82. The van der Waals surface area contributed by atoms with E-state index in [1.165, 1.54) is 18.2 Å². The number of phenols is 1. The van der Waals surface area contributed by atoms with E-state index in [4.69, 9.17) is 27.9 Å². The number of hydrogen-bond acceptors (Lipinski definition) is 4. The molecule has 23 heavy (non-hydrogen) atoms. The van der Waals surface area contributed by atoms with Crippen LogP contribution in [0.4, 0.5) is 5.69 Å². The van der Waals surface area contributed by atoms with Gasteiger partial charge in [-0.05, 0) is 36.4 Å². The van der Waals surface area contributed by atoms with E-state index in [2.05, 4.69) is 21.2 Å². The van der Waals surface area contributed by atoms with Crippen LogP contribution in [0.25, 0.3) is 0 Å². The SMILES string of the molecule is O=C(COC(=O)c1ccc(Cl)cc1O)Nc1ccc(Br)cc1Cl. The number of halogens is 3. The number of esters is 1. The van der Waals surface area contributed by atoms with E-state index < -0.39 is 18.5 Å². The summed E-state index contributed by atoms with van der Waals surface area (Å²) in [7, 11) is 0. The first-order valence-electron chi connectivity index (χ1n) is 6.27. The van der Waals surface area contributed by atoms with Gasteiger partial charge in [-0.1, -0.05) is 39.1 Å². The second kappa shape index (κ2) is 7.68. The average molecular weight is 419 g/mol. The lowest BCUT2D eigenvalue weighted by atomic mass is 10.2. The molecule has 2 N–H and O–H groups in total. The summed E-state index contributed by atoms with van der Waals surface area (Å²) in [4.78, 5) is 23.6. The summed E-state index contributed by atoms with van der Waals surface area (Å²) >= 11 is 14.9. The predicted molar refractivity (Wildman–Crippen MR) is 91.2 cm³/mol. The molecule has 0 fully saturated rings. The summed E-state index contributed by atoms with van der Waals surface area (Å²) < 4.78 is 5.61. The van der Waals surface area contributed by atoms with Crippen molar-refractivity contribution in [1.82, 2.24) is 0 Å². The highest BCUT2D eigenvalue weighted by Crippen LogP contribution is 2.26. The Labute approximate surface area is 150 Å². The number of phenolic OH excluding ortho intramolecular Hbond substituents is 1. The van der Waals surface area contributed by atoms with Crippen molar-refractivity contribution in [2.24, 2.45) is 0 Å². The zero-order valence-corrected chi connectivity index (χ0v) is 14.6. The fourth-order valence-electron chi connectivity index (χ4n) is 1.66. The van der Waals surface area contributed by atoms with Crippen molar-refractivity contribution in [3.63, 3.8) is 0 Å². The summed E-state index contributed by atoms with van der Waals surface area (Å²) in [5.74, 6) is -1.72. The van der Waals surface area contributed by atoms with Gasteiger partial charge in [-0.2, -0.15) is 0 Å². The zero-order chi connectivity index (χ0) is 17.0. The van der Waals surface area contributed by atoms with Crippen molar-refractivity contribution in [3.8, 4) is 5.75 Å². The van der Waals surface area contributed by atoms with Crippen molar-refractivity contribution in [2.75, 3.05) is 11.9 Å². The molecule has 0 atom stereocenters. The van der Waals surface area contributed by atoms with Crippen molar-refractivity contribution in [1.29, 1.82) is 0 Å². The number of carbonyl (C=O) groups excluding carboxylic acids is 2. The lowest BCUT2D eigenvalue weighted by Crippen LogP contribution is -2.21. The lowest BCUT2D eigenvalue weighted by molar-refractivity contribution is -0.119. The first kappa shape index (κ1) is 17.6. The van der Waals surface area contributed by atoms with Gasteiger partial charge in [0.05, 0.1) is 10.7 Å². The largest absolute Gasteiger partial charge is 0.507 e. The Kier molecular flexibility index (Phi) is 5.87. The molecule has 0 spiro atoms. The Morgan fingerprint density at radius 2 is 1.91 bits per heavy atom. The number of benzene rings is 2. The molecular weight excluding hydrogens is 409 g/mol. The van der Waals surface area contributed by atoms with Crippen LogP contribution < -0.4 is 5.32 Å². The summed E-state index contributed by atoms with van der Waals surface area (Å²) in [6, 6.07) is 8.88. The molecule has 2 aromatic carbocycles. The molecule has 0 bridgehead atoms. The van der Waals surface area contributed by atoms with Crippen molar-refractivity contribution >= 4 is 56.7 Å². The van der Waals surface area contributed by atoms with Crippen LogP contribution in [-0.4, -0.2) is 23.6 Å². The number of aromatic hydroxyl groups is 1. The van der Waals surface area contributed by atoms with Gasteiger partial charge in [0.25, 0.3) is 5.91 Å². The van der Waals surface area contributed by atoms with Gasteiger partial charge in [-0.15, -0.1) is 0 Å². The molecule has 8 heteroatoms. The average Bonchev–Trinajstić information content (AvgIpc) is 2.48. The Bertz CT molecular complexity index is 767. The summed E-state index contributed by atoms with van der Waals surface area (Å²) in [5, 5.41) is 12.8. The minimum absolute atomic E-state index is 0.0797. The predicted octanol–water partition coefficient (Wildman–Crippen LogP) is 4.26. The van der Waals surface area contributed by atoms with Crippen molar-refractivity contribution in [3.05, 3.63) is 56.5 Å². The molecule has 1 amide bonds. The van der Waals surface area contributed by atoms with E-state index in [0.29, 0.717) is 10.7 Å². The number of rotatable bonds is 4. The third-order valence-electron chi connectivity index (χ3n) is 2.72. The molecule has 2 rings (SSSR count). The second-order valence-electron chi connectivity index (χ2n) is 4.41. The molecule has 0 unspecified atom stereocenters. The van der Waals surface area contributed by atoms with Gasteiger partial charge in [0.1, 0.15) is 11.3 Å². The quantitative estimate of drug-likeness (QED) is 0.727. The second-order valence-corrected chi connectivity index (χ2v) is 6.17. The highest BCUT2D eigenvalue weighted by molar-refractivity contribution is 9.10. The van der Waals surface area contributed by atoms with E-state index in [1.54, 1.807) is 18.2 Å². The highest BCUT2D eigenvalue weighted by atomic mass is 79.9. The maximum atomic E-state index is 11.8. The number of nitrogens with one attached hydrogen (secondary N) is 1. The van der Waals surface area contributed by atoms with Gasteiger partial charge in [-0.25, -0.2) is 4.79 Å². The summed E-state index contributed by atoms with van der Waals surface area (Å²) in [6.07, 6.45) is 0. The van der Waals surface area contributed by atoms with Gasteiger partial charge in [-0.3, -0.25) is 4.79 Å². The molecular formula is C15H10BrCl2NO4. The van der Waals surface area contributed by atoms with Gasteiger partial charge in [0.2, 0.25) is 0 Å². The normalized spacial score (nSPS) is 10.2. The molecule has 0 radical (unpaired) electrons. The van der Waals surface area contributed by atoms with Crippen LogP contribution in [0.15, 0.2) is 40.9 Å². The van der Waals surface area contributed by atoms with Crippen LogP contribution in [0, 0.1) is 0 Å². The van der Waals surface area contributed by atoms with Gasteiger partial charge in [0, 0.05) is 9.50 Å². The van der Waals surface area contributed by atoms with Gasteiger partial charge in [0.15, 0.2) is 6.61 Å². The topological polar surface area (TPSA) is 75.6 Å². The Balaban J connectivity index is 1.94. The molecule has 0 saturated heterocycles.